The average Bonchev–Trinajstić information content (AvgIpc) is 2.53. The number of aliphatic hydroxyl groups excluding tert-OH is 5. The maximum Gasteiger partial charge on any atom is 0.335 e. The molecule has 4 atom stereocenters. The predicted octanol–water partition coefficient (Wildman–Crippen LogP) is -1.99. The van der Waals surface area contributed by atoms with Crippen molar-refractivity contribution in [3.05, 3.63) is 35.9 Å². The van der Waals surface area contributed by atoms with Crippen molar-refractivity contribution in [3.8, 4) is 0 Å². The summed E-state index contributed by atoms with van der Waals surface area (Å²) >= 11 is 0. The number of carboxylic acid groups (broad SMARTS) is 1. The van der Waals surface area contributed by atoms with Crippen LogP contribution in [0.25, 0.3) is 0 Å². The highest BCUT2D eigenvalue weighted by atomic mass is 16.4. The molecule has 1 aromatic rings. The minimum atomic E-state index is -1.79. The topological polar surface area (TPSA) is 156 Å². The summed E-state index contributed by atoms with van der Waals surface area (Å²) in [6.45, 7) is -0.760. The van der Waals surface area contributed by atoms with Gasteiger partial charge in [0.05, 0.1) is 12.2 Å². The fourth-order valence-corrected chi connectivity index (χ4v) is 1.20. The summed E-state index contributed by atoms with van der Waals surface area (Å²) in [7, 11) is 0. The predicted molar refractivity (Wildman–Crippen MR) is 70.6 cm³/mol. The van der Waals surface area contributed by atoms with Crippen molar-refractivity contribution in [2.75, 3.05) is 6.61 Å². The van der Waals surface area contributed by atoms with E-state index in [2.05, 4.69) is 0 Å². The largest absolute Gasteiger partial charge is 0.478 e. The molecule has 1 aromatic carbocycles. The summed E-state index contributed by atoms with van der Waals surface area (Å²) in [5.74, 6) is -0.879. The van der Waals surface area contributed by atoms with E-state index in [4.69, 9.17) is 30.6 Å². The van der Waals surface area contributed by atoms with Gasteiger partial charge in [0, 0.05) is 0 Å². The zero-order valence-electron chi connectivity index (χ0n) is 11.0. The lowest BCUT2D eigenvalue weighted by molar-refractivity contribution is -0.136. The van der Waals surface area contributed by atoms with Crippen LogP contribution in [0.15, 0.2) is 30.3 Å². The molecule has 0 aliphatic rings. The zero-order chi connectivity index (χ0) is 16.4. The van der Waals surface area contributed by atoms with Gasteiger partial charge in [-0.15, -0.1) is 0 Å². The Bertz CT molecular complexity index is 421. The SMILES string of the molecule is O=C(O)c1ccccc1.O=C[C@H](O)[C@@H](O)[C@H](O)[C@H](O)CO. The van der Waals surface area contributed by atoms with E-state index < -0.39 is 37.0 Å². The van der Waals surface area contributed by atoms with Crippen LogP contribution in [0.4, 0.5) is 0 Å². The molecule has 0 heterocycles. The number of aliphatic hydroxyl groups is 5. The zero-order valence-corrected chi connectivity index (χ0v) is 11.0. The van der Waals surface area contributed by atoms with Gasteiger partial charge in [0.1, 0.15) is 24.4 Å². The molecule has 21 heavy (non-hydrogen) atoms. The Morgan fingerprint density at radius 3 is 1.90 bits per heavy atom. The number of benzene rings is 1. The molecule has 6 N–H and O–H groups in total. The minimum Gasteiger partial charge on any atom is -0.478 e. The molecule has 0 saturated carbocycles. The standard InChI is InChI=1S/C7H6O2.C6H12O6/c8-7(9)6-4-2-1-3-5-6;7-1-3(9)5(11)6(12)4(10)2-8/h1-5H,(H,8,9);1,3-6,8-12H,2H2/t;3-,4+,5+,6+/m.0/s1. The molecule has 118 valence electrons. The first-order valence-electron chi connectivity index (χ1n) is 5.91. The first-order valence-corrected chi connectivity index (χ1v) is 5.91. The summed E-state index contributed by atoms with van der Waals surface area (Å²) < 4.78 is 0. The van der Waals surface area contributed by atoms with Gasteiger partial charge >= 0.3 is 5.97 Å². The Labute approximate surface area is 120 Å². The van der Waals surface area contributed by atoms with Crippen LogP contribution in [0.2, 0.25) is 0 Å². The normalized spacial score (nSPS) is 15.9. The van der Waals surface area contributed by atoms with Gasteiger partial charge in [-0.1, -0.05) is 18.2 Å². The Morgan fingerprint density at radius 2 is 1.57 bits per heavy atom. The molecule has 8 nitrogen and oxygen atoms in total. The molecular formula is C13H18O8. The molecule has 0 fully saturated rings. The van der Waals surface area contributed by atoms with Crippen LogP contribution >= 0.6 is 0 Å². The van der Waals surface area contributed by atoms with Gasteiger partial charge in [-0.2, -0.15) is 0 Å². The Balaban J connectivity index is 0.000000394. The van der Waals surface area contributed by atoms with Gasteiger partial charge in [0.2, 0.25) is 0 Å². The highest BCUT2D eigenvalue weighted by Gasteiger charge is 2.29. The quantitative estimate of drug-likeness (QED) is 0.330. The molecule has 0 aliphatic heterocycles. The molecule has 0 aromatic heterocycles. The van der Waals surface area contributed by atoms with Gasteiger partial charge in [-0.25, -0.2) is 4.79 Å². The van der Waals surface area contributed by atoms with E-state index in [9.17, 15) is 9.59 Å². The maximum atomic E-state index is 10.2. The van der Waals surface area contributed by atoms with Gasteiger partial charge in [-0.3, -0.25) is 0 Å². The van der Waals surface area contributed by atoms with Crippen LogP contribution in [0.3, 0.4) is 0 Å². The van der Waals surface area contributed by atoms with Crippen molar-refractivity contribution in [1.82, 2.24) is 0 Å². The number of carboxylic acids is 1. The van der Waals surface area contributed by atoms with E-state index in [0.29, 0.717) is 5.56 Å². The number of carbonyl (C=O) groups is 2. The maximum absolute atomic E-state index is 10.2. The molecular weight excluding hydrogens is 284 g/mol. The number of rotatable bonds is 6. The van der Waals surface area contributed by atoms with Crippen LogP contribution in [-0.4, -0.2) is 73.9 Å². The first kappa shape index (κ1) is 19.2. The smallest absolute Gasteiger partial charge is 0.335 e. The van der Waals surface area contributed by atoms with Crippen LogP contribution < -0.4 is 0 Å². The molecule has 0 bridgehead atoms. The molecule has 1 rings (SSSR count). The van der Waals surface area contributed by atoms with Crippen molar-refractivity contribution in [3.63, 3.8) is 0 Å². The molecule has 0 unspecified atom stereocenters. The second-order valence-electron chi connectivity index (χ2n) is 4.03. The molecule has 0 saturated heterocycles. The van der Waals surface area contributed by atoms with Gasteiger partial charge in [-0.05, 0) is 12.1 Å². The van der Waals surface area contributed by atoms with Crippen molar-refractivity contribution in [1.29, 1.82) is 0 Å². The molecule has 0 aliphatic carbocycles. The Hall–Kier alpha value is -1.84. The van der Waals surface area contributed by atoms with E-state index >= 15 is 0 Å². The summed E-state index contributed by atoms with van der Waals surface area (Å²) in [6.07, 6.45) is -6.84. The van der Waals surface area contributed by atoms with Crippen LogP contribution in [0.1, 0.15) is 10.4 Å². The second-order valence-corrected chi connectivity index (χ2v) is 4.03. The molecule has 0 radical (unpaired) electrons. The van der Waals surface area contributed by atoms with Gasteiger partial charge in [0.25, 0.3) is 0 Å². The van der Waals surface area contributed by atoms with Gasteiger partial charge in [0.15, 0.2) is 6.29 Å². The summed E-state index contributed by atoms with van der Waals surface area (Å²) in [6, 6.07) is 8.30. The molecule has 0 spiro atoms. The third-order valence-corrected chi connectivity index (χ3v) is 2.44. The lowest BCUT2D eigenvalue weighted by Gasteiger charge is -2.22. The number of carbonyl (C=O) groups excluding carboxylic acids is 1. The Morgan fingerprint density at radius 1 is 1.05 bits per heavy atom. The van der Waals surface area contributed by atoms with Crippen molar-refractivity contribution >= 4 is 12.3 Å². The molecule has 0 amide bonds. The van der Waals surface area contributed by atoms with E-state index in [1.54, 1.807) is 30.3 Å². The van der Waals surface area contributed by atoms with Gasteiger partial charge < -0.3 is 35.4 Å². The second kappa shape index (κ2) is 9.97. The fraction of sp³-hybridized carbons (Fsp3) is 0.385. The lowest BCUT2D eigenvalue weighted by atomic mass is 10.0. The van der Waals surface area contributed by atoms with Crippen LogP contribution in [-0.2, 0) is 4.79 Å². The Kier molecular flexibility index (Phi) is 9.10. The average molecular weight is 302 g/mol. The van der Waals surface area contributed by atoms with Crippen molar-refractivity contribution in [2.45, 2.75) is 24.4 Å². The third kappa shape index (κ3) is 6.93. The highest BCUT2D eigenvalue weighted by Crippen LogP contribution is 2.03. The number of aromatic carboxylic acids is 1. The van der Waals surface area contributed by atoms with E-state index in [1.165, 1.54) is 0 Å². The third-order valence-electron chi connectivity index (χ3n) is 2.44. The summed E-state index contributed by atoms with van der Waals surface area (Å²) in [5.41, 5.74) is 0.331. The van der Waals surface area contributed by atoms with Crippen LogP contribution in [0, 0.1) is 0 Å². The number of hydrogen-bond acceptors (Lipinski definition) is 7. The summed E-state index contributed by atoms with van der Waals surface area (Å²) in [4.78, 5) is 20.1. The monoisotopic (exact) mass is 302 g/mol. The van der Waals surface area contributed by atoms with E-state index in [0.717, 1.165) is 0 Å². The summed E-state index contributed by atoms with van der Waals surface area (Å²) in [5, 5.41) is 51.9. The minimum absolute atomic E-state index is 0.0258. The number of hydrogen-bond donors (Lipinski definition) is 6. The molecule has 8 heteroatoms. The van der Waals surface area contributed by atoms with Crippen molar-refractivity contribution in [2.24, 2.45) is 0 Å². The number of aldehydes is 1. The first-order chi connectivity index (χ1) is 9.84. The van der Waals surface area contributed by atoms with Crippen LogP contribution in [0.5, 0.6) is 0 Å². The lowest BCUT2D eigenvalue weighted by Crippen LogP contribution is -2.46. The van der Waals surface area contributed by atoms with Crippen molar-refractivity contribution < 1.29 is 40.2 Å². The van der Waals surface area contributed by atoms with E-state index in [-0.39, 0.29) is 6.29 Å². The van der Waals surface area contributed by atoms with E-state index in [1.807, 2.05) is 0 Å². The fourth-order valence-electron chi connectivity index (χ4n) is 1.20. The highest BCUT2D eigenvalue weighted by molar-refractivity contribution is 5.87.